The van der Waals surface area contributed by atoms with Crippen molar-refractivity contribution in [1.82, 2.24) is 15.3 Å². The van der Waals surface area contributed by atoms with E-state index in [4.69, 9.17) is 0 Å². The number of benzene rings is 1. The molecule has 1 N–H and O–H groups in total. The number of ether oxygens (including phenoxy) is 1. The van der Waals surface area contributed by atoms with E-state index in [1.54, 1.807) is 17.2 Å². The summed E-state index contributed by atoms with van der Waals surface area (Å²) in [5.74, 6) is 0.0505. The first-order valence-corrected chi connectivity index (χ1v) is 6.88. The number of carbonyl (C=O) groups excluding carboxylic acids is 1. The number of carbonyl (C=O) groups is 1. The van der Waals surface area contributed by atoms with Crippen LogP contribution in [-0.2, 0) is 6.54 Å². The topological polar surface area (TPSA) is 67.4 Å². The van der Waals surface area contributed by atoms with Crippen LogP contribution in [0.5, 0.6) is 5.75 Å². The predicted octanol–water partition coefficient (Wildman–Crippen LogP) is 2.37. The highest BCUT2D eigenvalue weighted by Crippen LogP contribution is 2.23. The van der Waals surface area contributed by atoms with Crippen molar-refractivity contribution in [3.63, 3.8) is 0 Å². The Morgan fingerprint density at radius 3 is 2.71 bits per heavy atom. The molecule has 2 rings (SSSR count). The van der Waals surface area contributed by atoms with E-state index < -0.39 is 18.0 Å². The molecule has 1 amide bonds. The highest BCUT2D eigenvalue weighted by atomic mass is 19.4. The monoisotopic (exact) mass is 340 g/mol. The van der Waals surface area contributed by atoms with Gasteiger partial charge in [-0.25, -0.2) is 9.97 Å². The van der Waals surface area contributed by atoms with Crippen molar-refractivity contribution in [3.05, 3.63) is 47.9 Å². The molecule has 1 heterocycles. The molecule has 9 heteroatoms. The van der Waals surface area contributed by atoms with E-state index in [0.717, 1.165) is 12.1 Å². The van der Waals surface area contributed by atoms with Gasteiger partial charge in [-0.2, -0.15) is 0 Å². The molecule has 1 aromatic heterocycles. The van der Waals surface area contributed by atoms with Crippen molar-refractivity contribution in [1.29, 1.82) is 0 Å². The maximum absolute atomic E-state index is 12.2. The lowest BCUT2D eigenvalue weighted by molar-refractivity contribution is -0.274. The number of aromatic nitrogens is 2. The summed E-state index contributed by atoms with van der Waals surface area (Å²) in [5, 5.41) is 2.55. The second-order valence-corrected chi connectivity index (χ2v) is 4.98. The van der Waals surface area contributed by atoms with Gasteiger partial charge in [0.25, 0.3) is 5.91 Å². The van der Waals surface area contributed by atoms with Crippen molar-refractivity contribution in [2.24, 2.45) is 0 Å². The number of nitrogens with one attached hydrogen (secondary N) is 1. The molecule has 0 aliphatic carbocycles. The summed E-state index contributed by atoms with van der Waals surface area (Å²) < 4.78 is 40.4. The van der Waals surface area contributed by atoms with E-state index in [-0.39, 0.29) is 12.1 Å². The predicted molar refractivity (Wildman–Crippen MR) is 80.7 cm³/mol. The van der Waals surface area contributed by atoms with E-state index in [1.165, 1.54) is 12.1 Å². The van der Waals surface area contributed by atoms with Crippen molar-refractivity contribution < 1.29 is 22.7 Å². The lowest BCUT2D eigenvalue weighted by Gasteiger charge is -2.12. The number of rotatable bonds is 5. The second-order valence-electron chi connectivity index (χ2n) is 4.98. The lowest BCUT2D eigenvalue weighted by Crippen LogP contribution is -2.24. The molecule has 0 atom stereocenters. The maximum Gasteiger partial charge on any atom is 0.573 e. The van der Waals surface area contributed by atoms with Crippen LogP contribution in [0.1, 0.15) is 16.2 Å². The van der Waals surface area contributed by atoms with Crippen molar-refractivity contribution >= 4 is 11.7 Å². The summed E-state index contributed by atoms with van der Waals surface area (Å²) in [4.78, 5) is 22.1. The molecule has 0 unspecified atom stereocenters. The van der Waals surface area contributed by atoms with E-state index in [2.05, 4.69) is 20.0 Å². The minimum absolute atomic E-state index is 0.0421. The Hall–Kier alpha value is -2.84. The number of hydrogen-bond acceptors (Lipinski definition) is 5. The van der Waals surface area contributed by atoms with Gasteiger partial charge in [0, 0.05) is 25.9 Å². The number of alkyl halides is 3. The second kappa shape index (κ2) is 7.16. The van der Waals surface area contributed by atoms with Crippen LogP contribution in [0.4, 0.5) is 19.0 Å². The zero-order valence-corrected chi connectivity index (χ0v) is 13.0. The third kappa shape index (κ3) is 5.11. The Balaban J connectivity index is 2.02. The molecule has 0 saturated heterocycles. The number of nitrogens with zero attached hydrogens (tertiary/aromatic N) is 3. The Morgan fingerprint density at radius 1 is 1.29 bits per heavy atom. The van der Waals surface area contributed by atoms with Gasteiger partial charge in [0.15, 0.2) is 0 Å². The van der Waals surface area contributed by atoms with Crippen LogP contribution in [0.2, 0.25) is 0 Å². The summed E-state index contributed by atoms with van der Waals surface area (Å²) in [6, 6.07) is 6.53. The molecule has 0 aliphatic heterocycles. The minimum atomic E-state index is -4.81. The highest BCUT2D eigenvalue weighted by molar-refractivity contribution is 5.94. The summed E-state index contributed by atoms with van der Waals surface area (Å²) in [6.45, 7) is 0.0465. The molecular weight excluding hydrogens is 325 g/mol. The molecule has 128 valence electrons. The molecule has 0 spiro atoms. The van der Waals surface area contributed by atoms with Crippen LogP contribution in [0.15, 0.2) is 36.5 Å². The Morgan fingerprint density at radius 2 is 2.04 bits per heavy atom. The quantitative estimate of drug-likeness (QED) is 0.905. The van der Waals surface area contributed by atoms with Gasteiger partial charge >= 0.3 is 6.36 Å². The molecular formula is C15H15F3N4O2. The first-order chi connectivity index (χ1) is 11.2. The number of hydrogen-bond donors (Lipinski definition) is 1. The van der Waals surface area contributed by atoms with Gasteiger partial charge < -0.3 is 15.0 Å². The fourth-order valence-corrected chi connectivity index (χ4v) is 1.82. The van der Waals surface area contributed by atoms with E-state index in [0.29, 0.717) is 11.6 Å². The molecule has 1 aromatic carbocycles. The molecule has 0 bridgehead atoms. The smallest absolute Gasteiger partial charge is 0.406 e. The van der Waals surface area contributed by atoms with Crippen LogP contribution in [0, 0.1) is 0 Å². The Bertz CT molecular complexity index is 720. The number of amides is 1. The summed E-state index contributed by atoms with van der Waals surface area (Å²) in [6.07, 6.45) is -3.25. The van der Waals surface area contributed by atoms with Crippen LogP contribution in [0.25, 0.3) is 0 Å². The molecule has 24 heavy (non-hydrogen) atoms. The normalized spacial score (nSPS) is 11.0. The molecule has 2 aromatic rings. The molecule has 6 nitrogen and oxygen atoms in total. The van der Waals surface area contributed by atoms with Crippen LogP contribution in [-0.4, -0.2) is 36.3 Å². The summed E-state index contributed by atoms with van der Waals surface area (Å²) in [7, 11) is 3.63. The van der Waals surface area contributed by atoms with Gasteiger partial charge in [0.2, 0.25) is 0 Å². The largest absolute Gasteiger partial charge is 0.573 e. The van der Waals surface area contributed by atoms with Crippen LogP contribution >= 0.6 is 0 Å². The van der Waals surface area contributed by atoms with Gasteiger partial charge in [-0.05, 0) is 24.3 Å². The minimum Gasteiger partial charge on any atom is -0.406 e. The first-order valence-electron chi connectivity index (χ1n) is 6.88. The van der Waals surface area contributed by atoms with Gasteiger partial charge in [-0.1, -0.05) is 6.07 Å². The van der Waals surface area contributed by atoms with Gasteiger partial charge in [0.1, 0.15) is 17.4 Å². The number of halogens is 3. The van der Waals surface area contributed by atoms with E-state index in [9.17, 15) is 18.0 Å². The van der Waals surface area contributed by atoms with Crippen molar-refractivity contribution in [3.8, 4) is 5.75 Å². The maximum atomic E-state index is 12.2. The van der Waals surface area contributed by atoms with Gasteiger partial charge in [0.05, 0.1) is 6.54 Å². The average molecular weight is 340 g/mol. The number of anilines is 1. The zero-order chi connectivity index (χ0) is 17.7. The van der Waals surface area contributed by atoms with Crippen LogP contribution < -0.4 is 15.0 Å². The standard InChI is InChI=1S/C15H15F3N4O2/c1-22(2)13-6-7-19-12(21-13)9-20-14(23)10-4-3-5-11(8-10)24-15(16,17)18/h3-8H,9H2,1-2H3,(H,20,23). The highest BCUT2D eigenvalue weighted by Gasteiger charge is 2.31. The summed E-state index contributed by atoms with van der Waals surface area (Å²) in [5.41, 5.74) is 0.0421. The fourth-order valence-electron chi connectivity index (χ4n) is 1.82. The third-order valence-electron chi connectivity index (χ3n) is 2.89. The fraction of sp³-hybridized carbons (Fsp3) is 0.267. The van der Waals surface area contributed by atoms with E-state index in [1.807, 2.05) is 14.1 Å². The lowest BCUT2D eigenvalue weighted by atomic mass is 10.2. The van der Waals surface area contributed by atoms with Gasteiger partial charge in [-0.15, -0.1) is 13.2 Å². The molecule has 0 aliphatic rings. The molecule has 0 radical (unpaired) electrons. The Kier molecular flexibility index (Phi) is 5.22. The van der Waals surface area contributed by atoms with Crippen LogP contribution in [0.3, 0.4) is 0 Å². The first kappa shape index (κ1) is 17.5. The van der Waals surface area contributed by atoms with Gasteiger partial charge in [-0.3, -0.25) is 4.79 Å². The average Bonchev–Trinajstić information content (AvgIpc) is 2.51. The van der Waals surface area contributed by atoms with Crippen molar-refractivity contribution in [2.75, 3.05) is 19.0 Å². The van der Waals surface area contributed by atoms with E-state index >= 15 is 0 Å². The summed E-state index contributed by atoms with van der Waals surface area (Å²) >= 11 is 0. The Labute approximate surface area is 136 Å². The van der Waals surface area contributed by atoms with Crippen molar-refractivity contribution in [2.45, 2.75) is 12.9 Å². The molecule has 0 fully saturated rings. The SMILES string of the molecule is CN(C)c1ccnc(CNC(=O)c2cccc(OC(F)(F)F)c2)n1. The zero-order valence-electron chi connectivity index (χ0n) is 13.0. The molecule has 0 saturated carbocycles. The third-order valence-corrected chi connectivity index (χ3v) is 2.89.